The Morgan fingerprint density at radius 1 is 1.12 bits per heavy atom. The lowest BCUT2D eigenvalue weighted by molar-refractivity contribution is -0.103. The molecule has 1 rings (SSSR count). The molecule has 0 aliphatic rings. The highest BCUT2D eigenvalue weighted by atomic mass is 16.3. The number of aliphatic hydroxyl groups is 2. The lowest BCUT2D eigenvalue weighted by Gasteiger charge is -2.36. The average molecular weight is 235 g/mol. The Balaban J connectivity index is 3.12. The molecule has 1 aromatic rings. The predicted molar refractivity (Wildman–Crippen MR) is 69.2 cm³/mol. The van der Waals surface area contributed by atoms with Crippen molar-refractivity contribution in [1.29, 1.82) is 0 Å². The van der Waals surface area contributed by atoms with Crippen molar-refractivity contribution < 1.29 is 10.2 Å². The van der Waals surface area contributed by atoms with Crippen LogP contribution in [0.2, 0.25) is 0 Å². The Bertz CT molecular complexity index is 352. The van der Waals surface area contributed by atoms with Gasteiger partial charge in [-0.3, -0.25) is 0 Å². The zero-order chi connectivity index (χ0) is 13.0. The smallest absolute Gasteiger partial charge is 0.107 e. The van der Waals surface area contributed by atoms with Crippen molar-refractivity contribution in [3.05, 3.63) is 48.0 Å². The van der Waals surface area contributed by atoms with Gasteiger partial charge in [-0.15, -0.1) is 0 Å². The summed E-state index contributed by atoms with van der Waals surface area (Å²) in [5.74, 6) is 0. The van der Waals surface area contributed by atoms with Crippen molar-refractivity contribution >= 4 is 0 Å². The van der Waals surface area contributed by atoms with Crippen LogP contribution in [0, 0.1) is 0 Å². The highest BCUT2D eigenvalue weighted by molar-refractivity contribution is 5.26. The van der Waals surface area contributed by atoms with Gasteiger partial charge in [-0.25, -0.2) is 4.90 Å². The van der Waals surface area contributed by atoms with Crippen molar-refractivity contribution in [3.8, 4) is 0 Å². The molecule has 94 valence electrons. The Kier molecular flexibility index (Phi) is 4.87. The Hall–Kier alpha value is -1.16. The molecular formula is C14H21NO2. The molecule has 0 spiro atoms. The van der Waals surface area contributed by atoms with Crippen LogP contribution < -0.4 is 0 Å². The third-order valence-corrected chi connectivity index (χ3v) is 2.74. The molecule has 2 N–H and O–H groups in total. The van der Waals surface area contributed by atoms with Crippen LogP contribution >= 0.6 is 0 Å². The molecule has 0 heterocycles. The van der Waals surface area contributed by atoms with Gasteiger partial charge in [0, 0.05) is 0 Å². The number of nitrogens with zero attached hydrogens (tertiary/aromatic N) is 1. The zero-order valence-corrected chi connectivity index (χ0v) is 10.7. The molecule has 0 fully saturated rings. The van der Waals surface area contributed by atoms with E-state index in [2.05, 4.69) is 6.58 Å². The van der Waals surface area contributed by atoms with E-state index >= 15 is 0 Å². The van der Waals surface area contributed by atoms with Crippen LogP contribution in [0.3, 0.4) is 0 Å². The molecule has 17 heavy (non-hydrogen) atoms. The minimum Gasteiger partial charge on any atom is -0.379 e. The predicted octanol–water partition coefficient (Wildman–Crippen LogP) is 2.28. The molecule has 3 heteroatoms. The summed E-state index contributed by atoms with van der Waals surface area (Å²) in [5, 5.41) is 19.6. The highest BCUT2D eigenvalue weighted by Crippen LogP contribution is 2.29. The fourth-order valence-electron chi connectivity index (χ4n) is 2.09. The Morgan fingerprint density at radius 3 is 1.94 bits per heavy atom. The fourth-order valence-corrected chi connectivity index (χ4v) is 2.09. The normalized spacial score (nSPS) is 16.6. The van der Waals surface area contributed by atoms with Crippen molar-refractivity contribution in [1.82, 2.24) is 4.90 Å². The summed E-state index contributed by atoms with van der Waals surface area (Å²) in [7, 11) is 0. The largest absolute Gasteiger partial charge is 0.379 e. The second-order valence-electron chi connectivity index (χ2n) is 4.37. The quantitative estimate of drug-likeness (QED) is 0.608. The maximum atomic E-state index is 9.79. The van der Waals surface area contributed by atoms with Gasteiger partial charge in [0.2, 0.25) is 0 Å². The lowest BCUT2D eigenvalue weighted by atomic mass is 9.98. The molecule has 0 aliphatic carbocycles. The van der Waals surface area contributed by atoms with E-state index in [-0.39, 0.29) is 6.04 Å². The number of hydrogen-bond donors (Lipinski definition) is 2. The maximum Gasteiger partial charge on any atom is 0.107 e. The van der Waals surface area contributed by atoms with Crippen molar-refractivity contribution in [2.45, 2.75) is 39.3 Å². The van der Waals surface area contributed by atoms with Gasteiger partial charge in [0.25, 0.3) is 0 Å². The van der Waals surface area contributed by atoms with Gasteiger partial charge in [0.15, 0.2) is 0 Å². The summed E-state index contributed by atoms with van der Waals surface area (Å²) in [6, 6.07) is 9.57. The van der Waals surface area contributed by atoms with Gasteiger partial charge < -0.3 is 10.2 Å². The van der Waals surface area contributed by atoms with Crippen LogP contribution in [-0.4, -0.2) is 27.6 Å². The molecule has 0 saturated carbocycles. The van der Waals surface area contributed by atoms with Crippen LogP contribution in [-0.2, 0) is 0 Å². The third-order valence-electron chi connectivity index (χ3n) is 2.74. The summed E-state index contributed by atoms with van der Waals surface area (Å²) in [6.45, 7) is 9.14. The van der Waals surface area contributed by atoms with E-state index in [1.54, 1.807) is 18.7 Å². The van der Waals surface area contributed by atoms with Gasteiger partial charge in [0.05, 0.1) is 6.04 Å². The average Bonchev–Trinajstić information content (AvgIpc) is 2.25. The van der Waals surface area contributed by atoms with E-state index in [0.717, 1.165) is 11.1 Å². The van der Waals surface area contributed by atoms with Gasteiger partial charge in [-0.1, -0.05) is 42.5 Å². The van der Waals surface area contributed by atoms with Crippen LogP contribution in [0.15, 0.2) is 42.5 Å². The van der Waals surface area contributed by atoms with Crippen molar-refractivity contribution in [3.63, 3.8) is 0 Å². The Labute approximate surface area is 103 Å². The first-order chi connectivity index (χ1) is 7.95. The molecule has 0 radical (unpaired) electrons. The molecular weight excluding hydrogens is 214 g/mol. The van der Waals surface area contributed by atoms with E-state index in [9.17, 15) is 10.2 Å². The molecule has 1 aromatic carbocycles. The third kappa shape index (κ3) is 3.40. The second kappa shape index (κ2) is 5.96. The van der Waals surface area contributed by atoms with E-state index < -0.39 is 12.5 Å². The van der Waals surface area contributed by atoms with E-state index in [1.807, 2.05) is 37.3 Å². The van der Waals surface area contributed by atoms with Crippen LogP contribution in [0.5, 0.6) is 0 Å². The molecule has 0 saturated heterocycles. The van der Waals surface area contributed by atoms with Gasteiger partial charge in [-0.2, -0.15) is 0 Å². The van der Waals surface area contributed by atoms with Gasteiger partial charge in [-0.05, 0) is 26.3 Å². The highest BCUT2D eigenvalue weighted by Gasteiger charge is 2.27. The first-order valence-corrected chi connectivity index (χ1v) is 5.79. The summed E-state index contributed by atoms with van der Waals surface area (Å²) < 4.78 is 0. The number of hydrogen-bond acceptors (Lipinski definition) is 3. The van der Waals surface area contributed by atoms with Crippen LogP contribution in [0.4, 0.5) is 0 Å². The zero-order valence-electron chi connectivity index (χ0n) is 10.7. The lowest BCUT2D eigenvalue weighted by Crippen LogP contribution is -2.43. The summed E-state index contributed by atoms with van der Waals surface area (Å²) in [4.78, 5) is 1.62. The molecule has 0 aliphatic heterocycles. The van der Waals surface area contributed by atoms with Crippen molar-refractivity contribution in [2.24, 2.45) is 0 Å². The summed E-state index contributed by atoms with van der Waals surface area (Å²) >= 11 is 0. The minimum atomic E-state index is -0.739. The first kappa shape index (κ1) is 13.9. The fraction of sp³-hybridized carbons (Fsp3) is 0.429. The standard InChI is InChI=1S/C14H21NO2/c1-10(2)14(13-8-6-5-7-9-13)15(11(3)16)12(4)17/h5-9,11-12,14,16-17H,1H2,2-4H3. The first-order valence-electron chi connectivity index (χ1n) is 5.79. The number of benzene rings is 1. The molecule has 0 aromatic heterocycles. The van der Waals surface area contributed by atoms with E-state index in [4.69, 9.17) is 0 Å². The van der Waals surface area contributed by atoms with Crippen LogP contribution in [0.25, 0.3) is 0 Å². The summed E-state index contributed by atoms with van der Waals surface area (Å²) in [5.41, 5.74) is 1.90. The molecule has 0 amide bonds. The minimum absolute atomic E-state index is 0.184. The SMILES string of the molecule is C=C(C)C(c1ccccc1)N(C(C)O)C(C)O. The van der Waals surface area contributed by atoms with Gasteiger partial charge >= 0.3 is 0 Å². The Morgan fingerprint density at radius 2 is 1.59 bits per heavy atom. The number of rotatable bonds is 5. The molecule has 0 bridgehead atoms. The maximum absolute atomic E-state index is 9.79. The van der Waals surface area contributed by atoms with E-state index in [1.165, 1.54) is 0 Å². The molecule has 3 nitrogen and oxygen atoms in total. The number of aliphatic hydroxyl groups excluding tert-OH is 2. The van der Waals surface area contributed by atoms with Crippen LogP contribution in [0.1, 0.15) is 32.4 Å². The topological polar surface area (TPSA) is 43.7 Å². The molecule has 3 unspecified atom stereocenters. The van der Waals surface area contributed by atoms with E-state index in [0.29, 0.717) is 0 Å². The van der Waals surface area contributed by atoms with Gasteiger partial charge in [0.1, 0.15) is 12.5 Å². The summed E-state index contributed by atoms with van der Waals surface area (Å²) in [6.07, 6.45) is -1.48. The monoisotopic (exact) mass is 235 g/mol. The second-order valence-corrected chi connectivity index (χ2v) is 4.37. The molecule has 3 atom stereocenters. The van der Waals surface area contributed by atoms with Crippen molar-refractivity contribution in [2.75, 3.05) is 0 Å².